The van der Waals surface area contributed by atoms with Crippen molar-refractivity contribution in [1.29, 1.82) is 0 Å². The summed E-state index contributed by atoms with van der Waals surface area (Å²) >= 11 is 0. The molecule has 0 spiro atoms. The summed E-state index contributed by atoms with van der Waals surface area (Å²) in [6.45, 7) is 1.85. The van der Waals surface area contributed by atoms with Crippen LogP contribution in [0.5, 0.6) is 0 Å². The van der Waals surface area contributed by atoms with Crippen molar-refractivity contribution < 1.29 is 4.39 Å². The van der Waals surface area contributed by atoms with E-state index in [1.165, 1.54) is 12.1 Å². The highest BCUT2D eigenvalue weighted by Gasteiger charge is 2.12. The minimum Gasteiger partial charge on any atom is -0.383 e. The molecule has 0 radical (unpaired) electrons. The van der Waals surface area contributed by atoms with Crippen LogP contribution in [0.2, 0.25) is 0 Å². The molecule has 0 amide bonds. The van der Waals surface area contributed by atoms with Gasteiger partial charge in [0, 0.05) is 11.8 Å². The van der Waals surface area contributed by atoms with Gasteiger partial charge in [-0.25, -0.2) is 9.37 Å². The number of fused-ring (bicyclic) bond motifs is 1. The first-order valence-corrected chi connectivity index (χ1v) is 5.66. The maximum absolute atomic E-state index is 13.1. The molecule has 90 valence electrons. The molecule has 2 N–H and O–H groups in total. The van der Waals surface area contributed by atoms with Crippen LogP contribution in [0.15, 0.2) is 42.6 Å². The van der Waals surface area contributed by atoms with Crippen molar-refractivity contribution in [3.05, 3.63) is 54.0 Å². The van der Waals surface area contributed by atoms with Crippen LogP contribution in [0.1, 0.15) is 5.56 Å². The summed E-state index contributed by atoms with van der Waals surface area (Å²) in [6, 6.07) is 10.3. The van der Waals surface area contributed by atoms with Crippen LogP contribution in [0.4, 0.5) is 10.2 Å². The van der Waals surface area contributed by atoms with Gasteiger partial charge in [0.2, 0.25) is 0 Å². The van der Waals surface area contributed by atoms with Crippen LogP contribution in [0, 0.1) is 12.7 Å². The lowest BCUT2D eigenvalue weighted by Gasteiger charge is -2.03. The van der Waals surface area contributed by atoms with Gasteiger partial charge in [0.1, 0.15) is 23.0 Å². The van der Waals surface area contributed by atoms with Gasteiger partial charge in [-0.1, -0.05) is 6.07 Å². The van der Waals surface area contributed by atoms with Gasteiger partial charge in [-0.05, 0) is 42.8 Å². The molecule has 0 unspecified atom stereocenters. The second-order valence-electron chi connectivity index (χ2n) is 4.23. The van der Waals surface area contributed by atoms with E-state index in [1.54, 1.807) is 6.07 Å². The molecule has 0 saturated carbocycles. The molecule has 2 heterocycles. The molecular weight excluding hydrogens is 229 g/mol. The minimum absolute atomic E-state index is 0.251. The Kier molecular flexibility index (Phi) is 2.30. The van der Waals surface area contributed by atoms with Crippen LogP contribution < -0.4 is 5.73 Å². The van der Waals surface area contributed by atoms with Crippen LogP contribution in [0.3, 0.4) is 0 Å². The predicted octanol–water partition coefficient (Wildman–Crippen LogP) is 3.03. The normalized spacial score (nSPS) is 11.0. The standard InChI is InChI=1S/C14H12FN3/c1-9-8-10(15)5-6-11(9)13-14(16)18-7-3-2-4-12(18)17-13/h2-8H,16H2,1H3. The molecule has 1 aromatic carbocycles. The molecule has 3 rings (SSSR count). The third kappa shape index (κ3) is 1.54. The number of aromatic nitrogens is 2. The summed E-state index contributed by atoms with van der Waals surface area (Å²) in [4.78, 5) is 4.49. The molecule has 0 saturated heterocycles. The molecule has 3 nitrogen and oxygen atoms in total. The number of nitrogens with two attached hydrogens (primary N) is 1. The summed E-state index contributed by atoms with van der Waals surface area (Å²) in [5, 5.41) is 0. The number of hydrogen-bond acceptors (Lipinski definition) is 2. The molecule has 3 aromatic rings. The average Bonchev–Trinajstić information content (AvgIpc) is 2.68. The topological polar surface area (TPSA) is 43.3 Å². The van der Waals surface area contributed by atoms with Crippen LogP contribution >= 0.6 is 0 Å². The fourth-order valence-corrected chi connectivity index (χ4v) is 2.11. The van der Waals surface area contributed by atoms with E-state index >= 15 is 0 Å². The van der Waals surface area contributed by atoms with Gasteiger partial charge in [-0.15, -0.1) is 0 Å². The maximum atomic E-state index is 13.1. The smallest absolute Gasteiger partial charge is 0.139 e. The van der Waals surface area contributed by atoms with Gasteiger partial charge >= 0.3 is 0 Å². The van der Waals surface area contributed by atoms with Gasteiger partial charge in [0.25, 0.3) is 0 Å². The van der Waals surface area contributed by atoms with E-state index in [9.17, 15) is 4.39 Å². The molecule has 0 aliphatic carbocycles. The van der Waals surface area contributed by atoms with E-state index < -0.39 is 0 Å². The van der Waals surface area contributed by atoms with E-state index in [4.69, 9.17) is 5.73 Å². The highest BCUT2D eigenvalue weighted by molar-refractivity contribution is 5.76. The lowest BCUT2D eigenvalue weighted by Crippen LogP contribution is -1.94. The van der Waals surface area contributed by atoms with Crippen molar-refractivity contribution in [3.8, 4) is 11.3 Å². The molecule has 0 aliphatic rings. The number of halogens is 1. The number of nitrogens with zero attached hydrogens (tertiary/aromatic N) is 2. The van der Waals surface area contributed by atoms with Crippen LogP contribution in [-0.2, 0) is 0 Å². The lowest BCUT2D eigenvalue weighted by atomic mass is 10.1. The van der Waals surface area contributed by atoms with Crippen molar-refractivity contribution in [3.63, 3.8) is 0 Å². The molecule has 0 atom stereocenters. The largest absolute Gasteiger partial charge is 0.383 e. The van der Waals surface area contributed by atoms with E-state index in [-0.39, 0.29) is 5.82 Å². The summed E-state index contributed by atoms with van der Waals surface area (Å²) in [5.74, 6) is 0.318. The first-order chi connectivity index (χ1) is 8.66. The summed E-state index contributed by atoms with van der Waals surface area (Å²) < 4.78 is 14.9. The minimum atomic E-state index is -0.251. The number of nitrogen functional groups attached to an aromatic ring is 1. The highest BCUT2D eigenvalue weighted by Crippen LogP contribution is 2.29. The Bertz CT molecular complexity index is 731. The molecular formula is C14H12FN3. The van der Waals surface area contributed by atoms with Crippen molar-refractivity contribution in [2.75, 3.05) is 5.73 Å². The Morgan fingerprint density at radius 2 is 2.06 bits per heavy atom. The SMILES string of the molecule is Cc1cc(F)ccc1-c1nc2ccccn2c1N. The zero-order chi connectivity index (χ0) is 12.7. The second-order valence-corrected chi connectivity index (χ2v) is 4.23. The number of pyridine rings is 1. The van der Waals surface area contributed by atoms with Crippen molar-refractivity contribution in [2.24, 2.45) is 0 Å². The molecule has 4 heteroatoms. The quantitative estimate of drug-likeness (QED) is 0.711. The van der Waals surface area contributed by atoms with Crippen molar-refractivity contribution in [2.45, 2.75) is 6.92 Å². The lowest BCUT2D eigenvalue weighted by molar-refractivity contribution is 0.627. The first kappa shape index (κ1) is 10.8. The Morgan fingerprint density at radius 3 is 2.78 bits per heavy atom. The first-order valence-electron chi connectivity index (χ1n) is 5.66. The Morgan fingerprint density at radius 1 is 1.22 bits per heavy atom. The third-order valence-corrected chi connectivity index (χ3v) is 3.01. The molecule has 0 fully saturated rings. The Labute approximate surface area is 104 Å². The number of imidazole rings is 1. The predicted molar refractivity (Wildman–Crippen MR) is 69.7 cm³/mol. The van der Waals surface area contributed by atoms with Crippen LogP contribution in [-0.4, -0.2) is 9.38 Å². The maximum Gasteiger partial charge on any atom is 0.139 e. The summed E-state index contributed by atoms with van der Waals surface area (Å²) in [6.07, 6.45) is 1.86. The molecule has 0 bridgehead atoms. The van der Waals surface area contributed by atoms with Crippen molar-refractivity contribution in [1.82, 2.24) is 9.38 Å². The van der Waals surface area contributed by atoms with E-state index in [1.807, 2.05) is 35.7 Å². The fourth-order valence-electron chi connectivity index (χ4n) is 2.11. The Hall–Kier alpha value is -2.36. The van der Waals surface area contributed by atoms with Crippen molar-refractivity contribution >= 4 is 11.5 Å². The Balaban J connectivity index is 2.28. The fraction of sp³-hybridized carbons (Fsp3) is 0.0714. The zero-order valence-electron chi connectivity index (χ0n) is 9.89. The number of aryl methyl sites for hydroxylation is 1. The van der Waals surface area contributed by atoms with Crippen LogP contribution in [0.25, 0.3) is 16.9 Å². The van der Waals surface area contributed by atoms with Gasteiger partial charge in [-0.3, -0.25) is 4.40 Å². The third-order valence-electron chi connectivity index (χ3n) is 3.01. The average molecular weight is 241 g/mol. The van der Waals surface area contributed by atoms with E-state index in [2.05, 4.69) is 4.98 Å². The van der Waals surface area contributed by atoms with Gasteiger partial charge in [0.05, 0.1) is 0 Å². The number of anilines is 1. The van der Waals surface area contributed by atoms with E-state index in [0.29, 0.717) is 11.5 Å². The van der Waals surface area contributed by atoms with E-state index in [0.717, 1.165) is 16.8 Å². The molecule has 0 aliphatic heterocycles. The van der Waals surface area contributed by atoms with Gasteiger partial charge < -0.3 is 5.73 Å². The summed E-state index contributed by atoms with van der Waals surface area (Å²) in [5.41, 5.74) is 9.25. The second kappa shape index (κ2) is 3.84. The monoisotopic (exact) mass is 241 g/mol. The highest BCUT2D eigenvalue weighted by atomic mass is 19.1. The summed E-state index contributed by atoms with van der Waals surface area (Å²) in [7, 11) is 0. The van der Waals surface area contributed by atoms with Gasteiger partial charge in [0.15, 0.2) is 0 Å². The van der Waals surface area contributed by atoms with Gasteiger partial charge in [-0.2, -0.15) is 0 Å². The molecule has 2 aromatic heterocycles. The number of rotatable bonds is 1. The molecule has 18 heavy (non-hydrogen) atoms. The zero-order valence-corrected chi connectivity index (χ0v) is 9.89. The number of benzene rings is 1. The number of hydrogen-bond donors (Lipinski definition) is 1.